The predicted octanol–water partition coefficient (Wildman–Crippen LogP) is 1.74. The number of aromatic amines is 1. The van der Waals surface area contributed by atoms with Gasteiger partial charge in [-0.3, -0.25) is 9.59 Å². The molecule has 1 atom stereocenters. The monoisotopic (exact) mass is 407 g/mol. The smallest absolute Gasteiger partial charge is 0.355 e. The van der Waals surface area contributed by atoms with Crippen molar-refractivity contribution >= 4 is 17.8 Å². The molecule has 1 aromatic heterocycles. The highest BCUT2D eigenvalue weighted by atomic mass is 16.5. The molecule has 2 N–H and O–H groups in total. The van der Waals surface area contributed by atoms with Crippen LogP contribution >= 0.6 is 0 Å². The number of aryl methyl sites for hydroxylation is 1. The van der Waals surface area contributed by atoms with Crippen LogP contribution in [0.1, 0.15) is 53.5 Å². The summed E-state index contributed by atoms with van der Waals surface area (Å²) in [6.07, 6.45) is 2.51. The van der Waals surface area contributed by atoms with Crippen LogP contribution in [0, 0.1) is 19.8 Å². The van der Waals surface area contributed by atoms with Crippen LogP contribution in [-0.2, 0) is 25.5 Å². The predicted molar refractivity (Wildman–Crippen MR) is 109 cm³/mol. The number of H-pyrrole nitrogens is 1. The Morgan fingerprint density at radius 1 is 1.28 bits per heavy atom. The molecule has 8 nitrogen and oxygen atoms in total. The van der Waals surface area contributed by atoms with Gasteiger partial charge in [-0.1, -0.05) is 0 Å². The van der Waals surface area contributed by atoms with E-state index < -0.39 is 0 Å². The molecule has 0 radical (unpaired) electrons. The highest BCUT2D eigenvalue weighted by Crippen LogP contribution is 2.22. The van der Waals surface area contributed by atoms with E-state index in [1.165, 1.54) is 0 Å². The van der Waals surface area contributed by atoms with E-state index in [-0.39, 0.29) is 23.7 Å². The van der Waals surface area contributed by atoms with Gasteiger partial charge in [0.15, 0.2) is 0 Å². The molecule has 0 aromatic carbocycles. The van der Waals surface area contributed by atoms with Gasteiger partial charge in [0.1, 0.15) is 5.69 Å². The number of esters is 1. The van der Waals surface area contributed by atoms with Crippen LogP contribution in [0.3, 0.4) is 0 Å². The Bertz CT molecular complexity index is 728. The van der Waals surface area contributed by atoms with Gasteiger partial charge in [-0.15, -0.1) is 0 Å². The van der Waals surface area contributed by atoms with Gasteiger partial charge in [0.25, 0.3) is 0 Å². The number of likely N-dealkylation sites (tertiary alicyclic amines) is 1. The van der Waals surface area contributed by atoms with E-state index in [2.05, 4.69) is 10.3 Å². The average Bonchev–Trinajstić information content (AvgIpc) is 3.00. The lowest BCUT2D eigenvalue weighted by atomic mass is 9.96. The number of piperidine rings is 1. The topological polar surface area (TPSA) is 101 Å². The number of methoxy groups -OCH3 is 1. The third-order valence-electron chi connectivity index (χ3n) is 5.41. The summed E-state index contributed by atoms with van der Waals surface area (Å²) in [5.74, 6) is -0.521. The Labute approximate surface area is 172 Å². The Kier molecular flexibility index (Phi) is 8.70. The summed E-state index contributed by atoms with van der Waals surface area (Å²) in [5.41, 5.74) is 3.15. The number of rotatable bonds is 9. The van der Waals surface area contributed by atoms with E-state index in [0.29, 0.717) is 51.4 Å². The maximum Gasteiger partial charge on any atom is 0.355 e. The molecule has 1 saturated heterocycles. The summed E-state index contributed by atoms with van der Waals surface area (Å²) in [7, 11) is 1.59. The van der Waals surface area contributed by atoms with Crippen molar-refractivity contribution in [2.75, 3.05) is 40.0 Å². The number of nitrogens with zero attached hydrogens (tertiary/aromatic N) is 1. The van der Waals surface area contributed by atoms with Gasteiger partial charge in [0, 0.05) is 38.9 Å². The van der Waals surface area contributed by atoms with Crippen LogP contribution in [0.15, 0.2) is 0 Å². The molecular weight excluding hydrogens is 374 g/mol. The van der Waals surface area contributed by atoms with Crippen molar-refractivity contribution in [3.8, 4) is 0 Å². The lowest BCUT2D eigenvalue weighted by Crippen LogP contribution is -2.46. The van der Waals surface area contributed by atoms with Crippen LogP contribution in [0.25, 0.3) is 0 Å². The van der Waals surface area contributed by atoms with Crippen molar-refractivity contribution in [2.24, 2.45) is 5.92 Å². The summed E-state index contributed by atoms with van der Waals surface area (Å²) in [5, 5.41) is 2.86. The first kappa shape index (κ1) is 22.9. The molecular formula is C21H33N3O5. The summed E-state index contributed by atoms with van der Waals surface area (Å²) >= 11 is 0. The molecule has 0 unspecified atom stereocenters. The zero-order valence-electron chi connectivity index (χ0n) is 17.9. The van der Waals surface area contributed by atoms with E-state index >= 15 is 0 Å². The van der Waals surface area contributed by atoms with Crippen LogP contribution in [0.2, 0.25) is 0 Å². The number of carbonyl (C=O) groups excluding carboxylic acids is 3. The minimum atomic E-state index is -0.371. The molecule has 162 valence electrons. The number of hydrogen-bond donors (Lipinski definition) is 2. The molecule has 29 heavy (non-hydrogen) atoms. The molecule has 0 aliphatic carbocycles. The molecule has 2 amide bonds. The first-order valence-electron chi connectivity index (χ1n) is 10.3. The van der Waals surface area contributed by atoms with Gasteiger partial charge < -0.3 is 24.7 Å². The molecule has 1 fully saturated rings. The number of amides is 2. The van der Waals surface area contributed by atoms with E-state index in [9.17, 15) is 14.4 Å². The zero-order chi connectivity index (χ0) is 21.4. The minimum absolute atomic E-state index is 0.0176. The SMILES string of the molecule is CCOC(=O)c1[nH]c(C)c(CCC(=O)N2CCC[C@H](C(=O)NCCOC)C2)c1C. The molecule has 8 heteroatoms. The number of nitrogens with one attached hydrogen (secondary N) is 2. The first-order valence-corrected chi connectivity index (χ1v) is 10.3. The Hall–Kier alpha value is -2.35. The summed E-state index contributed by atoms with van der Waals surface area (Å²) in [4.78, 5) is 41.9. The van der Waals surface area contributed by atoms with Gasteiger partial charge in [-0.25, -0.2) is 4.79 Å². The highest BCUT2D eigenvalue weighted by molar-refractivity contribution is 5.90. The zero-order valence-corrected chi connectivity index (χ0v) is 17.9. The largest absolute Gasteiger partial charge is 0.461 e. The second-order valence-corrected chi connectivity index (χ2v) is 7.41. The summed E-state index contributed by atoms with van der Waals surface area (Å²) < 4.78 is 10.0. The Morgan fingerprint density at radius 2 is 2.03 bits per heavy atom. The molecule has 1 aliphatic rings. The van der Waals surface area contributed by atoms with Gasteiger partial charge in [0.2, 0.25) is 11.8 Å². The molecule has 0 bridgehead atoms. The lowest BCUT2D eigenvalue weighted by Gasteiger charge is -2.32. The van der Waals surface area contributed by atoms with Gasteiger partial charge >= 0.3 is 5.97 Å². The van der Waals surface area contributed by atoms with Crippen LogP contribution in [-0.4, -0.2) is 67.6 Å². The highest BCUT2D eigenvalue weighted by Gasteiger charge is 2.28. The second kappa shape index (κ2) is 11.0. The molecule has 1 aromatic rings. The fourth-order valence-corrected chi connectivity index (χ4v) is 3.80. The van der Waals surface area contributed by atoms with Crippen molar-refractivity contribution in [3.63, 3.8) is 0 Å². The van der Waals surface area contributed by atoms with Gasteiger partial charge in [-0.2, -0.15) is 0 Å². The fraction of sp³-hybridized carbons (Fsp3) is 0.667. The molecule has 2 rings (SSSR count). The molecule has 1 aliphatic heterocycles. The number of ether oxygens (including phenoxy) is 2. The Morgan fingerprint density at radius 3 is 2.72 bits per heavy atom. The standard InChI is InChI=1S/C21H33N3O5/c1-5-29-21(27)19-14(2)17(15(3)23-19)8-9-18(25)24-11-6-7-16(13-24)20(26)22-10-12-28-4/h16,23H,5-13H2,1-4H3,(H,22,26)/t16-/m0/s1. The molecule has 0 spiro atoms. The van der Waals surface area contributed by atoms with Crippen LogP contribution in [0.4, 0.5) is 0 Å². The average molecular weight is 408 g/mol. The van der Waals surface area contributed by atoms with Crippen molar-refractivity contribution in [1.82, 2.24) is 15.2 Å². The minimum Gasteiger partial charge on any atom is -0.461 e. The van der Waals surface area contributed by atoms with Crippen molar-refractivity contribution < 1.29 is 23.9 Å². The third-order valence-corrected chi connectivity index (χ3v) is 5.41. The fourth-order valence-electron chi connectivity index (χ4n) is 3.80. The summed E-state index contributed by atoms with van der Waals surface area (Å²) in [6, 6.07) is 0. The normalized spacial score (nSPS) is 16.6. The van der Waals surface area contributed by atoms with Crippen LogP contribution < -0.4 is 5.32 Å². The lowest BCUT2D eigenvalue weighted by molar-refractivity contribution is -0.135. The van der Waals surface area contributed by atoms with Crippen molar-refractivity contribution in [2.45, 2.75) is 46.5 Å². The van der Waals surface area contributed by atoms with E-state index in [1.54, 1.807) is 18.9 Å². The number of carbonyl (C=O) groups is 3. The van der Waals surface area contributed by atoms with E-state index in [1.807, 2.05) is 13.8 Å². The van der Waals surface area contributed by atoms with Gasteiger partial charge in [-0.05, 0) is 51.2 Å². The van der Waals surface area contributed by atoms with Crippen LogP contribution in [0.5, 0.6) is 0 Å². The Balaban J connectivity index is 1.92. The summed E-state index contributed by atoms with van der Waals surface area (Å²) in [6.45, 7) is 7.95. The molecule has 2 heterocycles. The van der Waals surface area contributed by atoms with E-state index in [4.69, 9.17) is 9.47 Å². The molecule has 0 saturated carbocycles. The van der Waals surface area contributed by atoms with Gasteiger partial charge in [0.05, 0.1) is 19.1 Å². The number of aromatic nitrogens is 1. The van der Waals surface area contributed by atoms with E-state index in [0.717, 1.165) is 29.7 Å². The maximum absolute atomic E-state index is 12.7. The third kappa shape index (κ3) is 6.06. The maximum atomic E-state index is 12.7. The van der Waals surface area contributed by atoms with Crippen molar-refractivity contribution in [3.05, 3.63) is 22.5 Å². The van der Waals surface area contributed by atoms with Crippen molar-refractivity contribution in [1.29, 1.82) is 0 Å². The first-order chi connectivity index (χ1) is 13.9. The number of hydrogen-bond acceptors (Lipinski definition) is 5. The second-order valence-electron chi connectivity index (χ2n) is 7.41. The quantitative estimate of drug-likeness (QED) is 0.480.